The monoisotopic (exact) mass is 275 g/mol. The Balaban J connectivity index is 2.90. The molecule has 0 unspecified atom stereocenters. The maximum atomic E-state index is 12.0. The van der Waals surface area contributed by atoms with Crippen LogP contribution in [0, 0.1) is 5.92 Å². The molecule has 5 heteroatoms. The van der Waals surface area contributed by atoms with Crippen LogP contribution in [0.1, 0.15) is 39.5 Å². The maximum absolute atomic E-state index is 12.0. The van der Waals surface area contributed by atoms with Crippen LogP contribution in [0.4, 0.5) is 0 Å². The number of hydrogen-bond acceptors (Lipinski definition) is 3. The van der Waals surface area contributed by atoms with Crippen LogP contribution in [-0.2, 0) is 15.4 Å². The lowest BCUT2D eigenvalue weighted by Gasteiger charge is -2.15. The Morgan fingerprint density at radius 1 is 1.29 bits per heavy atom. The molecule has 0 radical (unpaired) electrons. The van der Waals surface area contributed by atoms with Crippen molar-refractivity contribution in [3.05, 3.63) is 17.0 Å². The van der Waals surface area contributed by atoms with Crippen molar-refractivity contribution in [2.45, 2.75) is 44.2 Å². The smallest absolute Gasteiger partial charge is 0.210 e. The standard InChI is InChI=1S/C12H21NO2S2/c1-9(2)8-13-17(14,15)11-7-6-10(16-11)12(3,4)5/h6-7,9,13H,8H2,1-5H3. The average molecular weight is 275 g/mol. The van der Waals surface area contributed by atoms with E-state index in [1.54, 1.807) is 6.07 Å². The van der Waals surface area contributed by atoms with E-state index in [0.29, 0.717) is 16.7 Å². The van der Waals surface area contributed by atoms with E-state index in [-0.39, 0.29) is 5.41 Å². The lowest BCUT2D eigenvalue weighted by atomic mass is 9.95. The minimum atomic E-state index is -3.33. The van der Waals surface area contributed by atoms with Crippen LogP contribution < -0.4 is 4.72 Å². The molecule has 0 aliphatic heterocycles. The van der Waals surface area contributed by atoms with Crippen LogP contribution in [0.2, 0.25) is 0 Å². The van der Waals surface area contributed by atoms with Crippen molar-refractivity contribution in [3.8, 4) is 0 Å². The summed E-state index contributed by atoms with van der Waals surface area (Å²) in [7, 11) is -3.33. The van der Waals surface area contributed by atoms with Gasteiger partial charge in [-0.25, -0.2) is 13.1 Å². The predicted molar refractivity (Wildman–Crippen MR) is 73.0 cm³/mol. The van der Waals surface area contributed by atoms with Gasteiger partial charge >= 0.3 is 0 Å². The van der Waals surface area contributed by atoms with Crippen molar-refractivity contribution >= 4 is 21.4 Å². The molecule has 0 fully saturated rings. The first-order valence-corrected chi connectivity index (χ1v) is 8.03. The summed E-state index contributed by atoms with van der Waals surface area (Å²) in [5, 5.41) is 0. The molecule has 0 bridgehead atoms. The molecule has 1 aromatic rings. The van der Waals surface area contributed by atoms with Crippen molar-refractivity contribution < 1.29 is 8.42 Å². The van der Waals surface area contributed by atoms with Crippen LogP contribution in [-0.4, -0.2) is 15.0 Å². The van der Waals surface area contributed by atoms with Gasteiger partial charge in [-0.1, -0.05) is 34.6 Å². The van der Waals surface area contributed by atoms with Gasteiger partial charge in [-0.05, 0) is 23.5 Å². The summed E-state index contributed by atoms with van der Waals surface area (Å²) in [6, 6.07) is 3.59. The highest BCUT2D eigenvalue weighted by Crippen LogP contribution is 2.31. The second kappa shape index (κ2) is 5.08. The Hall–Kier alpha value is -0.390. The number of rotatable bonds is 4. The third kappa shape index (κ3) is 4.08. The average Bonchev–Trinajstić information content (AvgIpc) is 2.63. The van der Waals surface area contributed by atoms with Crippen LogP contribution in [0.25, 0.3) is 0 Å². The largest absolute Gasteiger partial charge is 0.250 e. The van der Waals surface area contributed by atoms with Crippen LogP contribution in [0.15, 0.2) is 16.3 Å². The Morgan fingerprint density at radius 3 is 2.29 bits per heavy atom. The Bertz CT molecular complexity index is 467. The third-order valence-corrected chi connectivity index (χ3v) is 5.69. The van der Waals surface area contributed by atoms with Crippen molar-refractivity contribution in [2.24, 2.45) is 5.92 Å². The quantitative estimate of drug-likeness (QED) is 0.918. The van der Waals surface area contributed by atoms with Gasteiger partial charge < -0.3 is 0 Å². The molecule has 0 amide bonds. The molecule has 1 aromatic heterocycles. The van der Waals surface area contributed by atoms with Gasteiger partial charge in [-0.15, -0.1) is 11.3 Å². The Kier molecular flexibility index (Phi) is 4.38. The van der Waals surface area contributed by atoms with E-state index in [9.17, 15) is 8.42 Å². The first-order valence-electron chi connectivity index (χ1n) is 5.73. The highest BCUT2D eigenvalue weighted by atomic mass is 32.2. The summed E-state index contributed by atoms with van der Waals surface area (Å²) in [4.78, 5) is 1.09. The van der Waals surface area contributed by atoms with E-state index in [1.807, 2.05) is 19.9 Å². The summed E-state index contributed by atoms with van der Waals surface area (Å²) in [5.41, 5.74) is -0.00349. The molecule has 0 aliphatic rings. The highest BCUT2D eigenvalue weighted by Gasteiger charge is 2.21. The molecule has 17 heavy (non-hydrogen) atoms. The van der Waals surface area contributed by atoms with Crippen LogP contribution in [0.3, 0.4) is 0 Å². The Labute approximate surface area is 108 Å². The molecule has 3 nitrogen and oxygen atoms in total. The molecule has 0 aliphatic carbocycles. The van der Waals surface area contributed by atoms with Gasteiger partial charge in [0.25, 0.3) is 0 Å². The van der Waals surface area contributed by atoms with Crippen LogP contribution in [0.5, 0.6) is 0 Å². The summed E-state index contributed by atoms with van der Waals surface area (Å²) < 4.78 is 27.0. The third-order valence-electron chi connectivity index (χ3n) is 2.27. The van der Waals surface area contributed by atoms with E-state index in [1.165, 1.54) is 11.3 Å². The number of nitrogens with one attached hydrogen (secondary N) is 1. The van der Waals surface area contributed by atoms with Gasteiger partial charge in [0.05, 0.1) is 0 Å². The van der Waals surface area contributed by atoms with E-state index in [4.69, 9.17) is 0 Å². The molecule has 98 valence electrons. The molecule has 0 atom stereocenters. The summed E-state index contributed by atoms with van der Waals surface area (Å²) in [5.74, 6) is 0.312. The van der Waals surface area contributed by atoms with Crippen molar-refractivity contribution in [2.75, 3.05) is 6.54 Å². The fraction of sp³-hybridized carbons (Fsp3) is 0.667. The van der Waals surface area contributed by atoms with Crippen molar-refractivity contribution in [1.82, 2.24) is 4.72 Å². The summed E-state index contributed by atoms with van der Waals surface area (Å²) in [6.45, 7) is 10.7. The maximum Gasteiger partial charge on any atom is 0.250 e. The highest BCUT2D eigenvalue weighted by molar-refractivity contribution is 7.91. The molecule has 1 N–H and O–H groups in total. The van der Waals surface area contributed by atoms with E-state index in [2.05, 4.69) is 25.5 Å². The lowest BCUT2D eigenvalue weighted by molar-refractivity contribution is 0.562. The van der Waals surface area contributed by atoms with E-state index < -0.39 is 10.0 Å². The molecule has 1 heterocycles. The second-order valence-corrected chi connectivity index (χ2v) is 8.69. The zero-order valence-corrected chi connectivity index (χ0v) is 12.7. The van der Waals surface area contributed by atoms with E-state index in [0.717, 1.165) is 4.88 Å². The SMILES string of the molecule is CC(C)CNS(=O)(=O)c1ccc(C(C)(C)C)s1. The topological polar surface area (TPSA) is 46.2 Å². The number of sulfonamides is 1. The van der Waals surface area contributed by atoms with Crippen LogP contribution >= 0.6 is 11.3 Å². The minimum absolute atomic E-state index is 0.00349. The van der Waals surface area contributed by atoms with Gasteiger partial charge in [0.2, 0.25) is 10.0 Å². The molecule has 0 aromatic carbocycles. The fourth-order valence-corrected chi connectivity index (χ4v) is 3.84. The van der Waals surface area contributed by atoms with Gasteiger partial charge in [0.1, 0.15) is 4.21 Å². The number of thiophene rings is 1. The molecule has 0 spiro atoms. The minimum Gasteiger partial charge on any atom is -0.210 e. The van der Waals surface area contributed by atoms with Gasteiger partial charge in [-0.3, -0.25) is 0 Å². The fourth-order valence-electron chi connectivity index (χ4n) is 1.22. The zero-order chi connectivity index (χ0) is 13.3. The van der Waals surface area contributed by atoms with Crippen molar-refractivity contribution in [3.63, 3.8) is 0 Å². The van der Waals surface area contributed by atoms with Gasteiger partial charge in [-0.2, -0.15) is 0 Å². The van der Waals surface area contributed by atoms with E-state index >= 15 is 0 Å². The zero-order valence-electron chi connectivity index (χ0n) is 11.1. The van der Waals surface area contributed by atoms with Gasteiger partial charge in [0.15, 0.2) is 0 Å². The number of hydrogen-bond donors (Lipinski definition) is 1. The summed E-state index contributed by atoms with van der Waals surface area (Å²) in [6.07, 6.45) is 0. The predicted octanol–water partition coefficient (Wildman–Crippen LogP) is 2.98. The van der Waals surface area contributed by atoms with Crippen molar-refractivity contribution in [1.29, 1.82) is 0 Å². The molecule has 0 saturated heterocycles. The lowest BCUT2D eigenvalue weighted by Crippen LogP contribution is -2.26. The Morgan fingerprint density at radius 2 is 1.88 bits per heavy atom. The second-order valence-electron chi connectivity index (χ2n) is 5.61. The van der Waals surface area contributed by atoms with Gasteiger partial charge in [0, 0.05) is 11.4 Å². The first-order chi connectivity index (χ1) is 7.63. The first kappa shape index (κ1) is 14.7. The molecular formula is C12H21NO2S2. The normalized spacial score (nSPS) is 13.3. The molecular weight excluding hydrogens is 254 g/mol. The molecule has 0 saturated carbocycles. The summed E-state index contributed by atoms with van der Waals surface area (Å²) >= 11 is 1.35. The molecule has 1 rings (SSSR count).